The Bertz CT molecular complexity index is 233. The van der Waals surface area contributed by atoms with Crippen LogP contribution in [0.25, 0.3) is 0 Å². The minimum atomic E-state index is -0.243. The zero-order valence-electron chi connectivity index (χ0n) is 8.65. The number of benzene rings is 1. The van der Waals surface area contributed by atoms with Crippen LogP contribution in [-0.4, -0.2) is 24.9 Å². The third-order valence-corrected chi connectivity index (χ3v) is 2.20. The highest BCUT2D eigenvalue weighted by Crippen LogP contribution is 2.07. The van der Waals surface area contributed by atoms with E-state index < -0.39 is 0 Å². The van der Waals surface area contributed by atoms with Gasteiger partial charge >= 0.3 is 0 Å². The van der Waals surface area contributed by atoms with Crippen LogP contribution in [0.1, 0.15) is 18.4 Å². The van der Waals surface area contributed by atoms with Crippen molar-refractivity contribution in [2.24, 2.45) is 0 Å². The molecule has 1 aromatic rings. The molecule has 0 heterocycles. The van der Waals surface area contributed by atoms with Crippen LogP contribution in [0.5, 0.6) is 0 Å². The number of aliphatic hydroxyl groups is 1. The Labute approximate surface area is 85.5 Å². The average molecular weight is 194 g/mol. The maximum atomic E-state index is 9.67. The highest BCUT2D eigenvalue weighted by Gasteiger charge is 2.04. The van der Waals surface area contributed by atoms with E-state index in [0.717, 1.165) is 25.9 Å². The van der Waals surface area contributed by atoms with E-state index in [0.29, 0.717) is 0 Å². The first-order chi connectivity index (χ1) is 6.83. The summed E-state index contributed by atoms with van der Waals surface area (Å²) in [7, 11) is 1.68. The van der Waals surface area contributed by atoms with Crippen molar-refractivity contribution in [1.29, 1.82) is 0 Å². The van der Waals surface area contributed by atoms with Crippen molar-refractivity contribution in [1.82, 2.24) is 0 Å². The first-order valence-corrected chi connectivity index (χ1v) is 5.04. The van der Waals surface area contributed by atoms with Crippen molar-refractivity contribution in [3.8, 4) is 0 Å². The Morgan fingerprint density at radius 3 is 2.64 bits per heavy atom. The molecule has 2 nitrogen and oxygen atoms in total. The maximum absolute atomic E-state index is 9.67. The zero-order valence-corrected chi connectivity index (χ0v) is 8.65. The van der Waals surface area contributed by atoms with E-state index in [9.17, 15) is 5.11 Å². The molecular formula is C12H18O2. The van der Waals surface area contributed by atoms with Gasteiger partial charge in [-0.15, -0.1) is 0 Å². The van der Waals surface area contributed by atoms with Crippen LogP contribution < -0.4 is 0 Å². The van der Waals surface area contributed by atoms with E-state index in [-0.39, 0.29) is 6.10 Å². The van der Waals surface area contributed by atoms with Crippen LogP contribution in [-0.2, 0) is 11.2 Å². The lowest BCUT2D eigenvalue weighted by Gasteiger charge is -2.09. The zero-order chi connectivity index (χ0) is 10.2. The number of ether oxygens (including phenoxy) is 1. The summed E-state index contributed by atoms with van der Waals surface area (Å²) in [5.74, 6) is 0. The molecule has 0 bridgehead atoms. The second-order valence-electron chi connectivity index (χ2n) is 3.48. The lowest BCUT2D eigenvalue weighted by molar-refractivity contribution is 0.135. The second kappa shape index (κ2) is 6.57. The van der Waals surface area contributed by atoms with Gasteiger partial charge in [-0.2, -0.15) is 0 Å². The minimum absolute atomic E-state index is 0.243. The molecule has 1 atom stereocenters. The largest absolute Gasteiger partial charge is 0.393 e. The quantitative estimate of drug-likeness (QED) is 0.702. The predicted octanol–water partition coefficient (Wildman–Crippen LogP) is 2.02. The predicted molar refractivity (Wildman–Crippen MR) is 57.3 cm³/mol. The van der Waals surface area contributed by atoms with Gasteiger partial charge in [0.05, 0.1) is 6.10 Å². The molecule has 1 N–H and O–H groups in total. The molecule has 0 spiro atoms. The lowest BCUT2D eigenvalue weighted by Crippen LogP contribution is -2.11. The molecule has 78 valence electrons. The number of rotatable bonds is 6. The molecule has 14 heavy (non-hydrogen) atoms. The van der Waals surface area contributed by atoms with E-state index in [2.05, 4.69) is 0 Å². The first kappa shape index (κ1) is 11.2. The summed E-state index contributed by atoms with van der Waals surface area (Å²) in [6.07, 6.45) is 2.23. The second-order valence-corrected chi connectivity index (χ2v) is 3.48. The van der Waals surface area contributed by atoms with Crippen molar-refractivity contribution in [3.05, 3.63) is 35.9 Å². The van der Waals surface area contributed by atoms with Gasteiger partial charge in [-0.05, 0) is 24.8 Å². The standard InChI is InChI=1S/C12H18O2/c1-14-9-5-8-12(13)10-11-6-3-2-4-7-11/h2-4,6-7,12-13H,5,8-10H2,1H3/t12-/m1/s1. The Hall–Kier alpha value is -0.860. The number of hydrogen-bond acceptors (Lipinski definition) is 2. The van der Waals surface area contributed by atoms with Crippen LogP contribution in [0.4, 0.5) is 0 Å². The van der Waals surface area contributed by atoms with Crippen LogP contribution in [0.3, 0.4) is 0 Å². The summed E-state index contributed by atoms with van der Waals surface area (Å²) < 4.78 is 4.93. The fraction of sp³-hybridized carbons (Fsp3) is 0.500. The van der Waals surface area contributed by atoms with Crippen molar-refractivity contribution in [2.45, 2.75) is 25.4 Å². The highest BCUT2D eigenvalue weighted by molar-refractivity contribution is 5.15. The van der Waals surface area contributed by atoms with E-state index in [1.54, 1.807) is 7.11 Å². The van der Waals surface area contributed by atoms with Crippen LogP contribution in [0.15, 0.2) is 30.3 Å². The third-order valence-electron chi connectivity index (χ3n) is 2.20. The molecule has 0 unspecified atom stereocenters. The van der Waals surface area contributed by atoms with Crippen molar-refractivity contribution in [2.75, 3.05) is 13.7 Å². The Kier molecular flexibility index (Phi) is 5.27. The summed E-state index contributed by atoms with van der Waals surface area (Å²) in [4.78, 5) is 0. The number of methoxy groups -OCH3 is 1. The minimum Gasteiger partial charge on any atom is -0.393 e. The Morgan fingerprint density at radius 1 is 1.29 bits per heavy atom. The van der Waals surface area contributed by atoms with Gasteiger partial charge in [0, 0.05) is 13.7 Å². The van der Waals surface area contributed by atoms with E-state index in [4.69, 9.17) is 4.74 Å². The van der Waals surface area contributed by atoms with Crippen LogP contribution in [0, 0.1) is 0 Å². The van der Waals surface area contributed by atoms with E-state index >= 15 is 0 Å². The summed E-state index contributed by atoms with van der Waals surface area (Å²) in [5.41, 5.74) is 1.19. The molecule has 0 saturated heterocycles. The Balaban J connectivity index is 2.23. The van der Waals surface area contributed by atoms with Crippen molar-refractivity contribution in [3.63, 3.8) is 0 Å². The third kappa shape index (κ3) is 4.40. The van der Waals surface area contributed by atoms with Gasteiger partial charge in [0.1, 0.15) is 0 Å². The van der Waals surface area contributed by atoms with Crippen LogP contribution >= 0.6 is 0 Å². The molecule has 2 heteroatoms. The van der Waals surface area contributed by atoms with E-state index in [1.807, 2.05) is 30.3 Å². The van der Waals surface area contributed by atoms with Gasteiger partial charge in [-0.1, -0.05) is 30.3 Å². The summed E-state index contributed by atoms with van der Waals surface area (Å²) in [6, 6.07) is 10.1. The maximum Gasteiger partial charge on any atom is 0.0581 e. The molecular weight excluding hydrogens is 176 g/mol. The SMILES string of the molecule is COCCC[C@@H](O)Cc1ccccc1. The number of hydrogen-bond donors (Lipinski definition) is 1. The summed E-state index contributed by atoms with van der Waals surface area (Å²) >= 11 is 0. The van der Waals surface area contributed by atoms with Crippen molar-refractivity contribution < 1.29 is 9.84 Å². The molecule has 0 aliphatic heterocycles. The number of aliphatic hydroxyl groups excluding tert-OH is 1. The monoisotopic (exact) mass is 194 g/mol. The molecule has 0 radical (unpaired) electrons. The molecule has 0 aromatic heterocycles. The van der Waals surface area contributed by atoms with Crippen molar-refractivity contribution >= 4 is 0 Å². The highest BCUT2D eigenvalue weighted by atomic mass is 16.5. The Morgan fingerprint density at radius 2 is 2.00 bits per heavy atom. The fourth-order valence-electron chi connectivity index (χ4n) is 1.45. The molecule has 1 rings (SSSR count). The average Bonchev–Trinajstić information content (AvgIpc) is 2.20. The molecule has 0 fully saturated rings. The topological polar surface area (TPSA) is 29.5 Å². The summed E-state index contributed by atoms with van der Waals surface area (Å²) in [5, 5.41) is 9.67. The first-order valence-electron chi connectivity index (χ1n) is 5.04. The summed E-state index contributed by atoms with van der Waals surface area (Å²) in [6.45, 7) is 0.728. The fourth-order valence-corrected chi connectivity index (χ4v) is 1.45. The molecule has 0 saturated carbocycles. The molecule has 0 aliphatic carbocycles. The lowest BCUT2D eigenvalue weighted by atomic mass is 10.0. The van der Waals surface area contributed by atoms with Gasteiger partial charge < -0.3 is 9.84 Å². The van der Waals surface area contributed by atoms with Crippen LogP contribution in [0.2, 0.25) is 0 Å². The molecule has 1 aromatic carbocycles. The van der Waals surface area contributed by atoms with Gasteiger partial charge in [0.2, 0.25) is 0 Å². The normalized spacial score (nSPS) is 12.7. The van der Waals surface area contributed by atoms with Gasteiger partial charge in [-0.25, -0.2) is 0 Å². The van der Waals surface area contributed by atoms with Gasteiger partial charge in [0.25, 0.3) is 0 Å². The van der Waals surface area contributed by atoms with E-state index in [1.165, 1.54) is 5.56 Å². The smallest absolute Gasteiger partial charge is 0.0581 e. The molecule has 0 amide bonds. The van der Waals surface area contributed by atoms with Gasteiger partial charge in [0.15, 0.2) is 0 Å². The van der Waals surface area contributed by atoms with Gasteiger partial charge in [-0.3, -0.25) is 0 Å². The molecule has 0 aliphatic rings.